The van der Waals surface area contributed by atoms with E-state index in [1.54, 1.807) is 13.2 Å². The maximum atomic E-state index is 8.92. The number of aliphatic imine (C=N–C) groups is 1. The van der Waals surface area contributed by atoms with Gasteiger partial charge in [-0.05, 0) is 29.5 Å². The van der Waals surface area contributed by atoms with Gasteiger partial charge in [0.2, 0.25) is 0 Å². The van der Waals surface area contributed by atoms with Crippen LogP contribution in [0, 0.1) is 16.7 Å². The standard InChI is InChI=1S/C20H23N3O2S/c1-5-9-25-18-16-17(22-19(23-18)26-10-8-21)15-11-14(24-4)7-6-13(15)12-20(16,2)3/h5-7,11,18H,1,9-10,12H2,2-4H3,(H,22,23). The van der Waals surface area contributed by atoms with E-state index in [1.165, 1.54) is 17.3 Å². The minimum atomic E-state index is -0.295. The molecule has 1 aromatic rings. The maximum absolute atomic E-state index is 8.92. The number of hydrogen-bond acceptors (Lipinski definition) is 6. The van der Waals surface area contributed by atoms with Crippen molar-refractivity contribution in [3.8, 4) is 11.8 Å². The SMILES string of the molecule is C=CCOC1NC(SCC#N)=NC2=C1C(C)(C)Cc1ccc(OC)cc12. The third-order valence-corrected chi connectivity index (χ3v) is 5.33. The van der Waals surface area contributed by atoms with Crippen LogP contribution in [0.1, 0.15) is 25.0 Å². The van der Waals surface area contributed by atoms with Crippen LogP contribution in [0.15, 0.2) is 41.4 Å². The highest BCUT2D eigenvalue weighted by Gasteiger charge is 2.40. The lowest BCUT2D eigenvalue weighted by molar-refractivity contribution is 0.0739. The Morgan fingerprint density at radius 3 is 3.00 bits per heavy atom. The molecule has 5 nitrogen and oxygen atoms in total. The summed E-state index contributed by atoms with van der Waals surface area (Å²) in [4.78, 5) is 4.85. The highest BCUT2D eigenvalue weighted by Crippen LogP contribution is 2.47. The van der Waals surface area contributed by atoms with Gasteiger partial charge >= 0.3 is 0 Å². The number of fused-ring (bicyclic) bond motifs is 2. The number of nitriles is 1. The molecule has 6 heteroatoms. The van der Waals surface area contributed by atoms with Crippen LogP contribution in [0.2, 0.25) is 0 Å². The number of benzene rings is 1. The van der Waals surface area contributed by atoms with E-state index in [0.717, 1.165) is 29.0 Å². The molecule has 1 N–H and O–H groups in total. The smallest absolute Gasteiger partial charge is 0.165 e. The van der Waals surface area contributed by atoms with Crippen molar-refractivity contribution in [1.82, 2.24) is 5.32 Å². The van der Waals surface area contributed by atoms with Crippen LogP contribution >= 0.6 is 11.8 Å². The summed E-state index contributed by atoms with van der Waals surface area (Å²) in [5.41, 5.74) is 4.25. The van der Waals surface area contributed by atoms with E-state index in [-0.39, 0.29) is 11.6 Å². The number of ether oxygens (including phenoxy) is 2. The Labute approximate surface area is 158 Å². The lowest BCUT2D eigenvalue weighted by Gasteiger charge is -2.41. The van der Waals surface area contributed by atoms with Gasteiger partial charge < -0.3 is 14.8 Å². The van der Waals surface area contributed by atoms with Crippen molar-refractivity contribution in [3.63, 3.8) is 0 Å². The molecule has 26 heavy (non-hydrogen) atoms. The second-order valence-electron chi connectivity index (χ2n) is 6.86. The highest BCUT2D eigenvalue weighted by atomic mass is 32.2. The maximum Gasteiger partial charge on any atom is 0.165 e. The molecule has 1 atom stereocenters. The Kier molecular flexibility index (Phi) is 5.40. The molecule has 1 heterocycles. The van der Waals surface area contributed by atoms with Gasteiger partial charge in [-0.1, -0.05) is 37.8 Å². The van der Waals surface area contributed by atoms with Crippen molar-refractivity contribution in [2.24, 2.45) is 10.4 Å². The van der Waals surface area contributed by atoms with Gasteiger partial charge in [-0.15, -0.1) is 6.58 Å². The van der Waals surface area contributed by atoms with Gasteiger partial charge in [0.1, 0.15) is 5.75 Å². The van der Waals surface area contributed by atoms with Gasteiger partial charge in [0.15, 0.2) is 11.4 Å². The van der Waals surface area contributed by atoms with Crippen LogP contribution in [0.25, 0.3) is 5.70 Å². The van der Waals surface area contributed by atoms with E-state index >= 15 is 0 Å². The van der Waals surface area contributed by atoms with Crippen molar-refractivity contribution in [3.05, 3.63) is 47.6 Å². The molecule has 0 saturated heterocycles. The first-order chi connectivity index (χ1) is 12.5. The van der Waals surface area contributed by atoms with E-state index in [9.17, 15) is 0 Å². The van der Waals surface area contributed by atoms with Gasteiger partial charge in [-0.25, -0.2) is 4.99 Å². The molecule has 0 saturated carbocycles. The molecule has 136 valence electrons. The Hall–Kier alpha value is -2.23. The average molecular weight is 369 g/mol. The minimum absolute atomic E-state index is 0.106. The summed E-state index contributed by atoms with van der Waals surface area (Å²) in [7, 11) is 1.67. The van der Waals surface area contributed by atoms with Gasteiger partial charge in [0.05, 0.1) is 31.2 Å². The molecule has 1 aliphatic carbocycles. The Bertz CT molecular complexity index is 821. The van der Waals surface area contributed by atoms with Crippen LogP contribution < -0.4 is 10.1 Å². The fraction of sp³-hybridized carbons (Fsp3) is 0.400. The van der Waals surface area contributed by atoms with Crippen molar-refractivity contribution in [2.45, 2.75) is 26.5 Å². The molecule has 0 aromatic heterocycles. The number of rotatable bonds is 5. The summed E-state index contributed by atoms with van der Waals surface area (Å²) in [5.74, 6) is 1.13. The summed E-state index contributed by atoms with van der Waals surface area (Å²) < 4.78 is 11.4. The molecule has 0 amide bonds. The first-order valence-corrected chi connectivity index (χ1v) is 9.48. The molecular formula is C20H23N3O2S. The predicted octanol–water partition coefficient (Wildman–Crippen LogP) is 3.73. The largest absolute Gasteiger partial charge is 0.497 e. The van der Waals surface area contributed by atoms with Crippen molar-refractivity contribution in [2.75, 3.05) is 19.5 Å². The third kappa shape index (κ3) is 3.50. The molecule has 0 radical (unpaired) electrons. The fourth-order valence-electron chi connectivity index (χ4n) is 3.48. The van der Waals surface area contributed by atoms with E-state index < -0.39 is 0 Å². The van der Waals surface area contributed by atoms with Crippen molar-refractivity contribution >= 4 is 22.6 Å². The minimum Gasteiger partial charge on any atom is -0.497 e. The molecular weight excluding hydrogens is 346 g/mol. The Morgan fingerprint density at radius 2 is 2.31 bits per heavy atom. The molecule has 0 spiro atoms. The molecule has 1 aromatic carbocycles. The van der Waals surface area contributed by atoms with Gasteiger partial charge in [0, 0.05) is 11.1 Å². The quantitative estimate of drug-likeness (QED) is 0.801. The van der Waals surface area contributed by atoms with E-state index in [0.29, 0.717) is 17.5 Å². The van der Waals surface area contributed by atoms with Gasteiger partial charge in [-0.2, -0.15) is 5.26 Å². The molecule has 1 aliphatic heterocycles. The molecule has 3 rings (SSSR count). The second kappa shape index (κ2) is 7.56. The second-order valence-corrected chi connectivity index (χ2v) is 7.82. The van der Waals surface area contributed by atoms with Crippen LogP contribution in [-0.2, 0) is 11.2 Å². The lowest BCUT2D eigenvalue weighted by atomic mass is 9.70. The first kappa shape index (κ1) is 18.6. The summed E-state index contributed by atoms with van der Waals surface area (Å²) in [6, 6.07) is 8.28. The van der Waals surface area contributed by atoms with Crippen LogP contribution in [0.5, 0.6) is 5.75 Å². The first-order valence-electron chi connectivity index (χ1n) is 8.49. The van der Waals surface area contributed by atoms with E-state index in [4.69, 9.17) is 19.7 Å². The predicted molar refractivity (Wildman–Crippen MR) is 106 cm³/mol. The zero-order valence-electron chi connectivity index (χ0n) is 15.3. The normalized spacial score (nSPS) is 20.2. The summed E-state index contributed by atoms with van der Waals surface area (Å²) in [6.45, 7) is 8.61. The molecule has 0 bridgehead atoms. The summed E-state index contributed by atoms with van der Waals surface area (Å²) in [6.07, 6.45) is 2.34. The van der Waals surface area contributed by atoms with Crippen molar-refractivity contribution in [1.29, 1.82) is 5.26 Å². The fourth-order valence-corrected chi connectivity index (χ4v) is 4.02. The molecule has 1 unspecified atom stereocenters. The zero-order chi connectivity index (χ0) is 18.7. The summed E-state index contributed by atoms with van der Waals surface area (Å²) in [5, 5.41) is 13.0. The van der Waals surface area contributed by atoms with Gasteiger partial charge in [0.25, 0.3) is 0 Å². The highest BCUT2D eigenvalue weighted by molar-refractivity contribution is 8.14. The number of thioether (sulfide) groups is 1. The Balaban J connectivity index is 2.14. The zero-order valence-corrected chi connectivity index (χ0v) is 16.2. The van der Waals surface area contributed by atoms with Crippen LogP contribution in [0.3, 0.4) is 0 Å². The van der Waals surface area contributed by atoms with E-state index in [2.05, 4.69) is 37.9 Å². The number of nitrogens with one attached hydrogen (secondary N) is 1. The van der Waals surface area contributed by atoms with Gasteiger partial charge in [-0.3, -0.25) is 0 Å². The van der Waals surface area contributed by atoms with E-state index in [1.807, 2.05) is 12.1 Å². The number of amidine groups is 1. The molecule has 0 fully saturated rings. The van der Waals surface area contributed by atoms with Crippen LogP contribution in [-0.4, -0.2) is 30.9 Å². The number of methoxy groups -OCH3 is 1. The van der Waals surface area contributed by atoms with Crippen molar-refractivity contribution < 1.29 is 9.47 Å². The lowest BCUT2D eigenvalue weighted by Crippen LogP contribution is -2.46. The number of hydrogen-bond donors (Lipinski definition) is 1. The number of nitrogens with zero attached hydrogens (tertiary/aromatic N) is 2. The topological polar surface area (TPSA) is 66.6 Å². The third-order valence-electron chi connectivity index (χ3n) is 4.57. The summed E-state index contributed by atoms with van der Waals surface area (Å²) >= 11 is 1.38. The average Bonchev–Trinajstić information content (AvgIpc) is 2.63. The monoisotopic (exact) mass is 369 g/mol. The van der Waals surface area contributed by atoms with Crippen LogP contribution in [0.4, 0.5) is 0 Å². The Morgan fingerprint density at radius 1 is 1.50 bits per heavy atom. The molecule has 2 aliphatic rings.